The SMILES string of the molecule is N#Cc1c(-c2ccccc2)c(C#N)c(-n2c3c(ccc4c5ccccc5sc43)c3ccc4c5ccccc5sc4c32)c(-c2ccccc2)c1-n1c2cc(-c3ccccc3)ccc2c2ccc(-c3ccccc3)cc21. The molecule has 11 aromatic carbocycles. The van der Waals surface area contributed by atoms with Crippen LogP contribution in [0.4, 0.5) is 0 Å². The molecule has 0 aliphatic rings. The predicted octanol–water partition coefficient (Wildman–Crippen LogP) is 19.0. The van der Waals surface area contributed by atoms with E-state index in [0.717, 1.165) is 108 Å². The van der Waals surface area contributed by atoms with Gasteiger partial charge in [0.15, 0.2) is 0 Å². The Morgan fingerprint density at radius 2 is 0.662 bits per heavy atom. The van der Waals surface area contributed by atoms with Crippen LogP contribution in [0.15, 0.2) is 231 Å². The van der Waals surface area contributed by atoms with Crippen LogP contribution in [0, 0.1) is 22.7 Å². The molecule has 0 fully saturated rings. The van der Waals surface area contributed by atoms with Gasteiger partial charge in [-0.05, 0) is 57.6 Å². The zero-order valence-electron chi connectivity index (χ0n) is 39.5. The lowest BCUT2D eigenvalue weighted by molar-refractivity contribution is 1.13. The van der Waals surface area contributed by atoms with Gasteiger partial charge in [0.25, 0.3) is 0 Å². The normalized spacial score (nSPS) is 11.8. The average molecular weight is 975 g/mol. The van der Waals surface area contributed by atoms with Gasteiger partial charge in [0, 0.05) is 63.6 Å². The van der Waals surface area contributed by atoms with Crippen LogP contribution in [-0.4, -0.2) is 9.13 Å². The fourth-order valence-corrected chi connectivity index (χ4v) is 14.3. The van der Waals surface area contributed by atoms with Gasteiger partial charge in [-0.25, -0.2) is 0 Å². The third-order valence-electron chi connectivity index (χ3n) is 15.0. The van der Waals surface area contributed by atoms with Crippen LogP contribution in [0.5, 0.6) is 0 Å². The molecule has 0 bridgehead atoms. The first-order valence-electron chi connectivity index (χ1n) is 24.7. The molecule has 4 heterocycles. The minimum Gasteiger partial charge on any atom is -0.307 e. The summed E-state index contributed by atoms with van der Waals surface area (Å²) in [6.45, 7) is 0. The highest BCUT2D eigenvalue weighted by atomic mass is 32.1. The summed E-state index contributed by atoms with van der Waals surface area (Å²) >= 11 is 3.59. The lowest BCUT2D eigenvalue weighted by Gasteiger charge is -2.26. The van der Waals surface area contributed by atoms with E-state index in [0.29, 0.717) is 22.4 Å². The van der Waals surface area contributed by atoms with Gasteiger partial charge in [-0.2, -0.15) is 10.5 Å². The second kappa shape index (κ2) is 16.5. The highest BCUT2D eigenvalue weighted by Gasteiger charge is 2.33. The molecule has 74 heavy (non-hydrogen) atoms. The summed E-state index contributed by atoms with van der Waals surface area (Å²) in [6.07, 6.45) is 0. The quantitative estimate of drug-likeness (QED) is 0.167. The number of nitriles is 2. The van der Waals surface area contributed by atoms with Crippen molar-refractivity contribution in [2.45, 2.75) is 0 Å². The second-order valence-corrected chi connectivity index (χ2v) is 21.0. The molecular weight excluding hydrogens is 937 g/mol. The highest BCUT2D eigenvalue weighted by molar-refractivity contribution is 7.27. The summed E-state index contributed by atoms with van der Waals surface area (Å²) in [4.78, 5) is 0. The third kappa shape index (κ3) is 6.11. The Kier molecular flexibility index (Phi) is 9.40. The summed E-state index contributed by atoms with van der Waals surface area (Å²) in [5.41, 5.74) is 13.6. The Hall–Kier alpha value is -9.56. The number of hydrogen-bond donors (Lipinski definition) is 0. The van der Waals surface area contributed by atoms with E-state index in [1.54, 1.807) is 22.7 Å². The van der Waals surface area contributed by atoms with E-state index < -0.39 is 0 Å². The molecule has 0 unspecified atom stereocenters. The van der Waals surface area contributed by atoms with Crippen LogP contribution in [0.3, 0.4) is 0 Å². The van der Waals surface area contributed by atoms with Crippen LogP contribution >= 0.6 is 22.7 Å². The molecule has 0 atom stereocenters. The van der Waals surface area contributed by atoms with Crippen molar-refractivity contribution < 1.29 is 0 Å². The Bertz CT molecular complexity index is 4670. The van der Waals surface area contributed by atoms with Crippen LogP contribution < -0.4 is 0 Å². The van der Waals surface area contributed by atoms with Crippen LogP contribution in [0.25, 0.3) is 140 Å². The van der Waals surface area contributed by atoms with Gasteiger partial charge in [-0.1, -0.05) is 206 Å². The minimum absolute atomic E-state index is 0.421. The van der Waals surface area contributed by atoms with E-state index in [1.807, 2.05) is 48.5 Å². The zero-order chi connectivity index (χ0) is 49.0. The van der Waals surface area contributed by atoms with Crippen molar-refractivity contribution in [1.29, 1.82) is 10.5 Å². The first kappa shape index (κ1) is 42.2. The van der Waals surface area contributed by atoms with Gasteiger partial charge in [0.05, 0.1) is 54.0 Å². The molecule has 4 aromatic heterocycles. The van der Waals surface area contributed by atoms with Crippen molar-refractivity contribution in [3.63, 3.8) is 0 Å². The van der Waals surface area contributed by atoms with Gasteiger partial charge in [-0.3, -0.25) is 0 Å². The monoisotopic (exact) mass is 974 g/mol. The molecular formula is C68H38N4S2. The molecule has 342 valence electrons. The number of nitrogens with zero attached hydrogens (tertiary/aromatic N) is 4. The fraction of sp³-hybridized carbons (Fsp3) is 0. The second-order valence-electron chi connectivity index (χ2n) is 18.9. The number of hydrogen-bond acceptors (Lipinski definition) is 4. The summed E-state index contributed by atoms with van der Waals surface area (Å²) in [5.74, 6) is 0. The number of fused-ring (bicyclic) bond motifs is 14. The van der Waals surface area contributed by atoms with Gasteiger partial charge in [0.1, 0.15) is 12.1 Å². The number of aromatic nitrogens is 2. The van der Waals surface area contributed by atoms with Gasteiger partial charge < -0.3 is 9.13 Å². The van der Waals surface area contributed by atoms with Crippen LogP contribution in [0.1, 0.15) is 11.1 Å². The number of benzene rings is 11. The molecule has 0 radical (unpaired) electrons. The van der Waals surface area contributed by atoms with Gasteiger partial charge in [0.2, 0.25) is 0 Å². The van der Waals surface area contributed by atoms with Gasteiger partial charge in [-0.15, -0.1) is 22.7 Å². The Morgan fingerprint density at radius 1 is 0.297 bits per heavy atom. The number of thiophene rings is 2. The molecule has 0 aliphatic carbocycles. The van der Waals surface area contributed by atoms with E-state index in [-0.39, 0.29) is 0 Å². The van der Waals surface area contributed by atoms with Crippen LogP contribution in [0.2, 0.25) is 0 Å². The van der Waals surface area contributed by atoms with E-state index in [1.165, 1.54) is 20.2 Å². The molecule has 0 spiro atoms. The largest absolute Gasteiger partial charge is 0.307 e. The molecule has 0 aliphatic heterocycles. The van der Waals surface area contributed by atoms with E-state index in [9.17, 15) is 10.5 Å². The number of rotatable bonds is 6. The molecule has 6 heteroatoms. The van der Waals surface area contributed by atoms with Crippen molar-refractivity contribution in [3.8, 4) is 68.0 Å². The molecule has 0 amide bonds. The van der Waals surface area contributed by atoms with Gasteiger partial charge >= 0.3 is 0 Å². The Morgan fingerprint density at radius 3 is 1.11 bits per heavy atom. The van der Waals surface area contributed by atoms with Crippen molar-refractivity contribution in [3.05, 3.63) is 242 Å². The molecule has 0 N–H and O–H groups in total. The first-order valence-corrected chi connectivity index (χ1v) is 26.3. The van der Waals surface area contributed by atoms with Crippen molar-refractivity contribution >= 4 is 107 Å². The van der Waals surface area contributed by atoms with E-state index in [2.05, 4.69) is 203 Å². The lowest BCUT2D eigenvalue weighted by Crippen LogP contribution is -2.11. The average Bonchev–Trinajstić information content (AvgIpc) is 4.24. The maximum Gasteiger partial charge on any atom is 0.102 e. The predicted molar refractivity (Wildman–Crippen MR) is 312 cm³/mol. The topological polar surface area (TPSA) is 57.4 Å². The standard InChI is InChI=1S/C68H38N4S2/c69-39-55-61(43-21-9-3-10-22-43)56(40-70)64(72-65-51(33-35-53-49-25-13-15-27-59(49)73-67(53)65)52-34-36-54-50-26-14-16-28-60(50)74-68(54)66(52)72)62(44-23-11-4-12-24-44)63(55)71-57-37-45(41-17-5-1-6-18-41)29-31-47(57)48-32-30-46(38-58(48)71)42-19-7-2-8-20-42/h1-38H. The van der Waals surface area contributed by atoms with Crippen molar-refractivity contribution in [2.24, 2.45) is 0 Å². The smallest absolute Gasteiger partial charge is 0.102 e. The Balaban J connectivity index is 1.24. The molecule has 4 nitrogen and oxygen atoms in total. The summed E-state index contributed by atoms with van der Waals surface area (Å²) in [6, 6.07) is 87.1. The van der Waals surface area contributed by atoms with Crippen molar-refractivity contribution in [2.75, 3.05) is 0 Å². The van der Waals surface area contributed by atoms with E-state index in [4.69, 9.17) is 0 Å². The minimum atomic E-state index is 0.421. The zero-order valence-corrected chi connectivity index (χ0v) is 41.2. The Labute approximate surface area is 433 Å². The molecule has 0 saturated carbocycles. The third-order valence-corrected chi connectivity index (χ3v) is 17.4. The first-order chi connectivity index (χ1) is 36.7. The fourth-order valence-electron chi connectivity index (χ4n) is 11.8. The summed E-state index contributed by atoms with van der Waals surface area (Å²) in [5, 5.41) is 33.5. The molecule has 0 saturated heterocycles. The van der Waals surface area contributed by atoms with Crippen LogP contribution in [-0.2, 0) is 0 Å². The summed E-state index contributed by atoms with van der Waals surface area (Å²) < 4.78 is 9.46. The summed E-state index contributed by atoms with van der Waals surface area (Å²) in [7, 11) is 0. The highest BCUT2D eigenvalue weighted by Crippen LogP contribution is 2.53. The van der Waals surface area contributed by atoms with E-state index >= 15 is 0 Å². The van der Waals surface area contributed by atoms with Crippen molar-refractivity contribution in [1.82, 2.24) is 9.13 Å². The molecule has 15 rings (SSSR count). The maximum absolute atomic E-state index is 12.3. The molecule has 15 aromatic rings. The lowest BCUT2D eigenvalue weighted by atomic mass is 9.86. The maximum atomic E-state index is 12.3.